The van der Waals surface area contributed by atoms with Crippen LogP contribution in [0.2, 0.25) is 10.0 Å². The van der Waals surface area contributed by atoms with Gasteiger partial charge in [-0.2, -0.15) is 0 Å². The van der Waals surface area contributed by atoms with E-state index >= 15 is 0 Å². The van der Waals surface area contributed by atoms with Crippen molar-refractivity contribution in [1.82, 2.24) is 9.55 Å². The molecule has 2 unspecified atom stereocenters. The van der Waals surface area contributed by atoms with Gasteiger partial charge in [0.05, 0.1) is 24.3 Å². The molecule has 11 heteroatoms. The normalized spacial score (nSPS) is 22.5. The second kappa shape index (κ2) is 7.98. The van der Waals surface area contributed by atoms with Gasteiger partial charge in [0.25, 0.3) is 6.01 Å². The van der Waals surface area contributed by atoms with Crippen molar-refractivity contribution in [2.75, 3.05) is 12.5 Å². The van der Waals surface area contributed by atoms with E-state index in [1.165, 1.54) is 17.0 Å². The van der Waals surface area contributed by atoms with Crippen LogP contribution in [0.3, 0.4) is 0 Å². The Kier molecular flexibility index (Phi) is 5.89. The lowest BCUT2D eigenvalue weighted by Crippen LogP contribution is -2.34. The minimum absolute atomic E-state index is 0.0380. The molecule has 1 aromatic carbocycles. The topological polar surface area (TPSA) is 88.7 Å². The zero-order valence-electron chi connectivity index (χ0n) is 13.3. The van der Waals surface area contributed by atoms with Crippen molar-refractivity contribution in [3.8, 4) is 6.01 Å². The van der Waals surface area contributed by atoms with Crippen LogP contribution < -0.4 is 4.84 Å². The molecule has 1 fully saturated rings. The Morgan fingerprint density at radius 2 is 2.27 bits per heavy atom. The van der Waals surface area contributed by atoms with E-state index in [2.05, 4.69) is 9.82 Å². The van der Waals surface area contributed by atoms with E-state index in [4.69, 9.17) is 44.3 Å². The summed E-state index contributed by atoms with van der Waals surface area (Å²) in [6.07, 6.45) is 3.23. The fourth-order valence-corrected chi connectivity index (χ4v) is 3.54. The SMILES string of the molecule is O=[N+]([O-])Oc1nccn1CC1(c2ccc(Cl)cc2Cl)OCC(CCCl)O1. The van der Waals surface area contributed by atoms with E-state index < -0.39 is 10.9 Å². The van der Waals surface area contributed by atoms with Gasteiger partial charge in [-0.15, -0.1) is 21.7 Å². The minimum Gasteiger partial charge on any atom is -0.342 e. The number of hydrogen-bond acceptors (Lipinski definition) is 6. The summed E-state index contributed by atoms with van der Waals surface area (Å²) >= 11 is 18.1. The van der Waals surface area contributed by atoms with Crippen LogP contribution in [-0.4, -0.2) is 33.2 Å². The molecule has 2 aromatic rings. The van der Waals surface area contributed by atoms with Crippen LogP contribution in [0.1, 0.15) is 12.0 Å². The highest BCUT2D eigenvalue weighted by atomic mass is 35.5. The fraction of sp³-hybridized carbons (Fsp3) is 0.400. The first-order valence-electron chi connectivity index (χ1n) is 7.60. The third-order valence-corrected chi connectivity index (χ3v) is 4.61. The van der Waals surface area contributed by atoms with Crippen molar-refractivity contribution < 1.29 is 19.4 Å². The number of imidazole rings is 1. The second-order valence-electron chi connectivity index (χ2n) is 5.56. The Labute approximate surface area is 163 Å². The second-order valence-corrected chi connectivity index (χ2v) is 6.78. The number of hydrogen-bond donors (Lipinski definition) is 0. The lowest BCUT2D eigenvalue weighted by Gasteiger charge is -2.30. The van der Waals surface area contributed by atoms with E-state index in [0.29, 0.717) is 34.5 Å². The van der Waals surface area contributed by atoms with Gasteiger partial charge in [-0.1, -0.05) is 29.3 Å². The maximum Gasteiger partial charge on any atom is 0.302 e. The summed E-state index contributed by atoms with van der Waals surface area (Å²) in [6, 6.07) is 4.73. The molecule has 0 aliphatic carbocycles. The summed E-state index contributed by atoms with van der Waals surface area (Å²) in [4.78, 5) is 19.0. The van der Waals surface area contributed by atoms with Gasteiger partial charge in [0, 0.05) is 28.9 Å². The van der Waals surface area contributed by atoms with Gasteiger partial charge >= 0.3 is 5.09 Å². The van der Waals surface area contributed by atoms with E-state index in [1.54, 1.807) is 18.2 Å². The van der Waals surface area contributed by atoms with Gasteiger partial charge in [0.2, 0.25) is 5.79 Å². The van der Waals surface area contributed by atoms with Gasteiger partial charge in [0.1, 0.15) is 0 Å². The van der Waals surface area contributed by atoms with E-state index in [1.807, 2.05) is 0 Å². The van der Waals surface area contributed by atoms with Crippen molar-refractivity contribution in [3.63, 3.8) is 0 Å². The molecule has 1 aliphatic rings. The first-order chi connectivity index (χ1) is 12.4. The van der Waals surface area contributed by atoms with Gasteiger partial charge in [0.15, 0.2) is 0 Å². The van der Waals surface area contributed by atoms with Crippen molar-refractivity contribution in [1.29, 1.82) is 0 Å². The number of alkyl halides is 1. The predicted molar refractivity (Wildman–Crippen MR) is 94.2 cm³/mol. The molecule has 1 aromatic heterocycles. The van der Waals surface area contributed by atoms with Crippen LogP contribution in [-0.2, 0) is 21.8 Å². The zero-order valence-corrected chi connectivity index (χ0v) is 15.6. The van der Waals surface area contributed by atoms with Gasteiger partial charge in [-0.3, -0.25) is 0 Å². The quantitative estimate of drug-likeness (QED) is 0.384. The number of aromatic nitrogens is 2. The highest BCUT2D eigenvalue weighted by molar-refractivity contribution is 6.35. The van der Waals surface area contributed by atoms with Gasteiger partial charge in [-0.25, -0.2) is 9.82 Å². The molecule has 26 heavy (non-hydrogen) atoms. The minimum atomic E-state index is -1.28. The molecule has 0 amide bonds. The van der Waals surface area contributed by atoms with Crippen LogP contribution in [0, 0.1) is 10.1 Å². The Balaban J connectivity index is 1.97. The lowest BCUT2D eigenvalue weighted by atomic mass is 10.1. The highest BCUT2D eigenvalue weighted by Gasteiger charge is 2.45. The van der Waals surface area contributed by atoms with Crippen molar-refractivity contribution >= 4 is 34.8 Å². The van der Waals surface area contributed by atoms with Crippen LogP contribution in [0.15, 0.2) is 30.6 Å². The predicted octanol–water partition coefficient (Wildman–Crippen LogP) is 3.66. The highest BCUT2D eigenvalue weighted by Crippen LogP contribution is 2.41. The average molecular weight is 423 g/mol. The Morgan fingerprint density at radius 3 is 2.96 bits per heavy atom. The summed E-state index contributed by atoms with van der Waals surface area (Å²) in [5.41, 5.74) is 0.543. The fourth-order valence-electron chi connectivity index (χ4n) is 2.74. The third kappa shape index (κ3) is 4.05. The molecule has 0 bridgehead atoms. The first-order valence-corrected chi connectivity index (χ1v) is 8.89. The average Bonchev–Trinajstić information content (AvgIpc) is 3.16. The third-order valence-electron chi connectivity index (χ3n) is 3.84. The zero-order chi connectivity index (χ0) is 18.7. The smallest absolute Gasteiger partial charge is 0.302 e. The number of nitrogens with zero attached hydrogens (tertiary/aromatic N) is 3. The molecule has 0 radical (unpaired) electrons. The van der Waals surface area contributed by atoms with Crippen molar-refractivity contribution in [2.45, 2.75) is 24.9 Å². The number of benzene rings is 1. The van der Waals surface area contributed by atoms with Crippen molar-refractivity contribution in [2.24, 2.45) is 0 Å². The van der Waals surface area contributed by atoms with Crippen LogP contribution in [0.4, 0.5) is 0 Å². The Morgan fingerprint density at radius 1 is 1.46 bits per heavy atom. The Hall–Kier alpha value is -1.58. The standard InChI is InChI=1S/C15H14Cl3N3O5/c16-4-3-11-8-24-15(25-11,12-2-1-10(17)7-13(12)18)9-20-6-5-19-14(20)26-21(22)23/h1-2,5-7,11H,3-4,8-9H2. The molecule has 2 heterocycles. The maximum atomic E-state index is 10.7. The van der Waals surface area contributed by atoms with Crippen LogP contribution in [0.5, 0.6) is 6.01 Å². The summed E-state index contributed by atoms with van der Waals surface area (Å²) in [5, 5.41) is 10.5. The van der Waals surface area contributed by atoms with Crippen LogP contribution >= 0.6 is 34.8 Å². The number of ether oxygens (including phenoxy) is 2. The molecule has 140 valence electrons. The largest absolute Gasteiger partial charge is 0.342 e. The molecular weight excluding hydrogens is 409 g/mol. The molecule has 8 nitrogen and oxygen atoms in total. The summed E-state index contributed by atoms with van der Waals surface area (Å²) in [7, 11) is 0. The molecule has 3 rings (SSSR count). The molecule has 0 saturated carbocycles. The van der Waals surface area contributed by atoms with E-state index in [9.17, 15) is 10.1 Å². The van der Waals surface area contributed by atoms with Crippen molar-refractivity contribution in [3.05, 3.63) is 56.3 Å². The van der Waals surface area contributed by atoms with Gasteiger partial charge < -0.3 is 14.0 Å². The first kappa shape index (κ1) is 19.2. The monoisotopic (exact) mass is 421 g/mol. The summed E-state index contributed by atoms with van der Waals surface area (Å²) in [6.45, 7) is 0.335. The molecule has 2 atom stereocenters. The van der Waals surface area contributed by atoms with E-state index in [-0.39, 0.29) is 18.7 Å². The maximum absolute atomic E-state index is 10.7. The summed E-state index contributed by atoms with van der Waals surface area (Å²) < 4.78 is 13.5. The molecular formula is C15H14Cl3N3O5. The number of rotatable bonds is 7. The summed E-state index contributed by atoms with van der Waals surface area (Å²) in [5.74, 6) is -0.882. The molecule has 0 N–H and O–H groups in total. The molecule has 1 aliphatic heterocycles. The Bertz CT molecular complexity index is 803. The van der Waals surface area contributed by atoms with Crippen LogP contribution in [0.25, 0.3) is 0 Å². The molecule has 0 spiro atoms. The van der Waals surface area contributed by atoms with Gasteiger partial charge in [-0.05, 0) is 18.6 Å². The van der Waals surface area contributed by atoms with E-state index in [0.717, 1.165) is 0 Å². The lowest BCUT2D eigenvalue weighted by molar-refractivity contribution is -0.713. The number of halogens is 3. The molecule has 1 saturated heterocycles.